The second-order valence-corrected chi connectivity index (χ2v) is 6.24. The normalized spacial score (nSPS) is 25.9. The van der Waals surface area contributed by atoms with Crippen molar-refractivity contribution >= 4 is 15.9 Å². The van der Waals surface area contributed by atoms with Gasteiger partial charge in [-0.05, 0) is 52.9 Å². The molecule has 1 aliphatic carbocycles. The minimum absolute atomic E-state index is 0.445. The van der Waals surface area contributed by atoms with Crippen LogP contribution in [0.15, 0.2) is 22.9 Å². The summed E-state index contributed by atoms with van der Waals surface area (Å²) < 4.78 is 1.07. The molecule has 1 aliphatic rings. The second kappa shape index (κ2) is 6.67. The lowest BCUT2D eigenvalue weighted by Crippen LogP contribution is -2.32. The first kappa shape index (κ1) is 14.0. The van der Waals surface area contributed by atoms with E-state index in [1.807, 2.05) is 12.4 Å². The lowest BCUT2D eigenvalue weighted by atomic mass is 9.72. The van der Waals surface area contributed by atoms with Crippen molar-refractivity contribution in [3.8, 4) is 0 Å². The topological polar surface area (TPSA) is 24.9 Å². The van der Waals surface area contributed by atoms with E-state index in [2.05, 4.69) is 46.3 Å². The Labute approximate surface area is 119 Å². The van der Waals surface area contributed by atoms with Crippen molar-refractivity contribution in [1.82, 2.24) is 10.3 Å². The maximum atomic E-state index is 4.31. The Hall–Kier alpha value is -0.410. The monoisotopic (exact) mass is 310 g/mol. The summed E-state index contributed by atoms with van der Waals surface area (Å²) in [5.41, 5.74) is 1.32. The fourth-order valence-electron chi connectivity index (χ4n) is 3.41. The molecule has 1 fully saturated rings. The Balaban J connectivity index is 2.21. The fourth-order valence-corrected chi connectivity index (χ4v) is 3.79. The molecule has 18 heavy (non-hydrogen) atoms. The molecule has 3 heteroatoms. The molecule has 0 amide bonds. The molecule has 0 bridgehead atoms. The number of nitrogens with one attached hydrogen (secondary N) is 1. The van der Waals surface area contributed by atoms with Crippen LogP contribution in [0, 0.1) is 11.8 Å². The molecule has 0 radical (unpaired) electrons. The smallest absolute Gasteiger partial charge is 0.0410 e. The molecule has 0 saturated heterocycles. The summed E-state index contributed by atoms with van der Waals surface area (Å²) in [6, 6.07) is 2.65. The van der Waals surface area contributed by atoms with Crippen LogP contribution in [0.25, 0.3) is 0 Å². The van der Waals surface area contributed by atoms with Gasteiger partial charge in [0, 0.05) is 22.9 Å². The van der Waals surface area contributed by atoms with Gasteiger partial charge < -0.3 is 5.32 Å². The van der Waals surface area contributed by atoms with Crippen molar-refractivity contribution in [2.24, 2.45) is 11.8 Å². The van der Waals surface area contributed by atoms with Crippen molar-refractivity contribution in [2.75, 3.05) is 7.05 Å². The lowest BCUT2D eigenvalue weighted by molar-refractivity contribution is 0.180. The van der Waals surface area contributed by atoms with Crippen LogP contribution in [0.2, 0.25) is 0 Å². The van der Waals surface area contributed by atoms with Crippen molar-refractivity contribution in [1.29, 1.82) is 0 Å². The highest BCUT2D eigenvalue weighted by Gasteiger charge is 2.31. The Morgan fingerprint density at radius 2 is 2.17 bits per heavy atom. The predicted octanol–water partition coefficient (Wildman–Crippen LogP) is 4.32. The van der Waals surface area contributed by atoms with E-state index < -0.39 is 0 Å². The first-order valence-corrected chi connectivity index (χ1v) is 7.83. The van der Waals surface area contributed by atoms with Crippen molar-refractivity contribution in [3.63, 3.8) is 0 Å². The van der Waals surface area contributed by atoms with Crippen LogP contribution >= 0.6 is 15.9 Å². The van der Waals surface area contributed by atoms with Crippen LogP contribution < -0.4 is 5.32 Å². The van der Waals surface area contributed by atoms with Gasteiger partial charge in [0.25, 0.3) is 0 Å². The van der Waals surface area contributed by atoms with E-state index >= 15 is 0 Å². The zero-order chi connectivity index (χ0) is 13.0. The highest BCUT2D eigenvalue weighted by atomic mass is 79.9. The molecule has 0 spiro atoms. The average molecular weight is 311 g/mol. The summed E-state index contributed by atoms with van der Waals surface area (Å²) in [7, 11) is 2.08. The molecule has 1 heterocycles. The molecule has 2 rings (SSSR count). The first-order valence-electron chi connectivity index (χ1n) is 7.04. The fraction of sp³-hybridized carbons (Fsp3) is 0.667. The van der Waals surface area contributed by atoms with Crippen molar-refractivity contribution < 1.29 is 0 Å². The highest BCUT2D eigenvalue weighted by molar-refractivity contribution is 9.10. The van der Waals surface area contributed by atoms with E-state index in [1.165, 1.54) is 37.7 Å². The third-order valence-corrected chi connectivity index (χ3v) is 4.75. The van der Waals surface area contributed by atoms with Crippen molar-refractivity contribution in [3.05, 3.63) is 28.5 Å². The lowest BCUT2D eigenvalue weighted by Gasteiger charge is -2.37. The summed E-state index contributed by atoms with van der Waals surface area (Å²) >= 11 is 3.53. The molecule has 0 aromatic carbocycles. The highest BCUT2D eigenvalue weighted by Crippen LogP contribution is 2.40. The zero-order valence-corrected chi connectivity index (χ0v) is 12.9. The summed E-state index contributed by atoms with van der Waals surface area (Å²) in [5.74, 6) is 1.61. The number of halogens is 1. The standard InChI is InChI=1S/C15H23BrN2/c1-3-11-6-4-5-7-14(11)15(17-2)12-8-13(16)10-18-9-12/h8-11,14-15,17H,3-7H2,1-2H3. The van der Waals surface area contributed by atoms with Gasteiger partial charge >= 0.3 is 0 Å². The Morgan fingerprint density at radius 1 is 1.39 bits per heavy atom. The summed E-state index contributed by atoms with van der Waals surface area (Å²) in [6.07, 6.45) is 10.7. The summed E-state index contributed by atoms with van der Waals surface area (Å²) in [4.78, 5) is 4.31. The van der Waals surface area contributed by atoms with Crippen molar-refractivity contribution in [2.45, 2.75) is 45.1 Å². The second-order valence-electron chi connectivity index (χ2n) is 5.32. The van der Waals surface area contributed by atoms with E-state index in [4.69, 9.17) is 0 Å². The third kappa shape index (κ3) is 3.12. The number of aromatic nitrogens is 1. The Kier molecular flexibility index (Phi) is 5.19. The Morgan fingerprint density at radius 3 is 2.83 bits per heavy atom. The minimum Gasteiger partial charge on any atom is -0.313 e. The van der Waals surface area contributed by atoms with Crippen LogP contribution in [-0.4, -0.2) is 12.0 Å². The molecule has 3 unspecified atom stereocenters. The van der Waals surface area contributed by atoms with Crippen LogP contribution in [0.4, 0.5) is 0 Å². The molecule has 1 saturated carbocycles. The number of nitrogens with zero attached hydrogens (tertiary/aromatic N) is 1. The largest absolute Gasteiger partial charge is 0.313 e. The van der Waals surface area contributed by atoms with E-state index in [0.717, 1.165) is 16.3 Å². The SMILES string of the molecule is CCC1CCCCC1C(NC)c1cncc(Br)c1. The number of hydrogen-bond acceptors (Lipinski definition) is 2. The van der Waals surface area contributed by atoms with Gasteiger partial charge in [0.05, 0.1) is 0 Å². The van der Waals surface area contributed by atoms with Crippen LogP contribution in [0.3, 0.4) is 0 Å². The number of hydrogen-bond donors (Lipinski definition) is 1. The maximum Gasteiger partial charge on any atom is 0.0410 e. The molecule has 100 valence electrons. The van der Waals surface area contributed by atoms with Crippen LogP contribution in [0.5, 0.6) is 0 Å². The number of pyridine rings is 1. The van der Waals surface area contributed by atoms with E-state index in [1.54, 1.807) is 0 Å². The van der Waals surface area contributed by atoms with Gasteiger partial charge in [0.1, 0.15) is 0 Å². The zero-order valence-electron chi connectivity index (χ0n) is 11.3. The van der Waals surface area contributed by atoms with Gasteiger partial charge in [-0.15, -0.1) is 0 Å². The third-order valence-electron chi connectivity index (χ3n) is 4.32. The quantitative estimate of drug-likeness (QED) is 0.895. The summed E-state index contributed by atoms with van der Waals surface area (Å²) in [6.45, 7) is 2.33. The minimum atomic E-state index is 0.445. The van der Waals surface area contributed by atoms with E-state index in [0.29, 0.717) is 6.04 Å². The molecule has 1 N–H and O–H groups in total. The maximum absolute atomic E-state index is 4.31. The van der Waals surface area contributed by atoms with E-state index in [9.17, 15) is 0 Å². The van der Waals surface area contributed by atoms with Gasteiger partial charge in [-0.2, -0.15) is 0 Å². The van der Waals surface area contributed by atoms with Gasteiger partial charge in [-0.3, -0.25) is 4.98 Å². The van der Waals surface area contributed by atoms with E-state index in [-0.39, 0.29) is 0 Å². The van der Waals surface area contributed by atoms with Gasteiger partial charge in [-0.1, -0.05) is 32.6 Å². The molecule has 2 nitrogen and oxygen atoms in total. The Bertz CT molecular complexity index is 381. The molecular formula is C15H23BrN2. The average Bonchev–Trinajstić information content (AvgIpc) is 2.40. The number of rotatable bonds is 4. The van der Waals surface area contributed by atoms with Gasteiger partial charge in [-0.25, -0.2) is 0 Å². The van der Waals surface area contributed by atoms with Crippen LogP contribution in [-0.2, 0) is 0 Å². The predicted molar refractivity (Wildman–Crippen MR) is 79.5 cm³/mol. The molecule has 3 atom stereocenters. The molecule has 1 aromatic heterocycles. The van der Waals surface area contributed by atoms with Crippen LogP contribution in [0.1, 0.15) is 50.6 Å². The van der Waals surface area contributed by atoms with Gasteiger partial charge in [0.2, 0.25) is 0 Å². The summed E-state index contributed by atoms with van der Waals surface area (Å²) in [5, 5.41) is 3.52. The molecular weight excluding hydrogens is 288 g/mol. The molecule has 1 aromatic rings. The molecule has 0 aliphatic heterocycles. The first-order chi connectivity index (χ1) is 8.76. The van der Waals surface area contributed by atoms with Gasteiger partial charge in [0.15, 0.2) is 0 Å².